The van der Waals surface area contributed by atoms with Crippen molar-refractivity contribution in [1.82, 2.24) is 0 Å². The summed E-state index contributed by atoms with van der Waals surface area (Å²) in [4.78, 5) is 34.7. The van der Waals surface area contributed by atoms with Crippen molar-refractivity contribution in [2.45, 2.75) is 4.90 Å². The number of nitro groups is 1. The van der Waals surface area contributed by atoms with E-state index >= 15 is 0 Å². The van der Waals surface area contributed by atoms with Gasteiger partial charge in [0.25, 0.3) is 11.6 Å². The maximum absolute atomic E-state index is 11.8. The van der Waals surface area contributed by atoms with Crippen LogP contribution in [0, 0.1) is 10.1 Å². The third kappa shape index (κ3) is 4.82. The van der Waals surface area contributed by atoms with Gasteiger partial charge in [0.1, 0.15) is 0 Å². The van der Waals surface area contributed by atoms with Gasteiger partial charge in [-0.2, -0.15) is 0 Å². The molecule has 0 saturated carbocycles. The molecule has 2 rings (SSSR count). The van der Waals surface area contributed by atoms with E-state index in [0.29, 0.717) is 5.56 Å². The minimum absolute atomic E-state index is 0.140. The van der Waals surface area contributed by atoms with E-state index in [1.54, 1.807) is 36.0 Å². The third-order valence-electron chi connectivity index (χ3n) is 3.00. The van der Waals surface area contributed by atoms with Crippen LogP contribution in [0.15, 0.2) is 53.4 Å². The lowest BCUT2D eigenvalue weighted by molar-refractivity contribution is -0.384. The van der Waals surface area contributed by atoms with Crippen LogP contribution in [0.25, 0.3) is 0 Å². The second-order valence-electron chi connectivity index (χ2n) is 4.66. The fourth-order valence-electron chi connectivity index (χ4n) is 1.84. The van der Waals surface area contributed by atoms with Gasteiger partial charge in [-0.25, -0.2) is 4.79 Å². The normalized spacial score (nSPS) is 10.0. The Labute approximate surface area is 142 Å². The van der Waals surface area contributed by atoms with E-state index < -0.39 is 23.4 Å². The van der Waals surface area contributed by atoms with Gasteiger partial charge in [0.05, 0.1) is 10.5 Å². The molecule has 7 nitrogen and oxygen atoms in total. The van der Waals surface area contributed by atoms with Gasteiger partial charge in [0, 0.05) is 22.7 Å². The minimum Gasteiger partial charge on any atom is -0.452 e. The van der Waals surface area contributed by atoms with Crippen LogP contribution in [-0.4, -0.2) is 29.7 Å². The topological polar surface area (TPSA) is 98.5 Å². The first-order valence-electron chi connectivity index (χ1n) is 6.85. The summed E-state index contributed by atoms with van der Waals surface area (Å²) in [6, 6.07) is 12.3. The van der Waals surface area contributed by atoms with Gasteiger partial charge in [-0.15, -0.1) is 11.8 Å². The van der Waals surface area contributed by atoms with E-state index in [1.807, 2.05) is 6.26 Å². The highest BCUT2D eigenvalue weighted by atomic mass is 32.2. The number of nitrogens with zero attached hydrogens (tertiary/aromatic N) is 1. The molecule has 0 radical (unpaired) electrons. The molecule has 124 valence electrons. The van der Waals surface area contributed by atoms with Crippen LogP contribution in [0.2, 0.25) is 0 Å². The Hall–Kier alpha value is -2.87. The van der Waals surface area contributed by atoms with E-state index in [9.17, 15) is 19.7 Å². The number of amides is 1. The molecule has 0 bridgehead atoms. The number of thioether (sulfide) groups is 1. The molecule has 0 aliphatic heterocycles. The second-order valence-corrected chi connectivity index (χ2v) is 5.54. The molecule has 0 saturated heterocycles. The van der Waals surface area contributed by atoms with E-state index in [2.05, 4.69) is 5.32 Å². The zero-order valence-corrected chi connectivity index (χ0v) is 13.5. The van der Waals surface area contributed by atoms with Gasteiger partial charge in [0.15, 0.2) is 6.61 Å². The number of nitro benzene ring substituents is 1. The summed E-state index contributed by atoms with van der Waals surface area (Å²) in [5.74, 6) is -1.19. The molecular weight excluding hydrogens is 332 g/mol. The summed E-state index contributed by atoms with van der Waals surface area (Å²) in [6.07, 6.45) is 1.92. The van der Waals surface area contributed by atoms with Crippen LogP contribution in [0.3, 0.4) is 0 Å². The van der Waals surface area contributed by atoms with Crippen molar-refractivity contribution in [1.29, 1.82) is 0 Å². The number of rotatable bonds is 6. The van der Waals surface area contributed by atoms with Crippen molar-refractivity contribution < 1.29 is 19.2 Å². The maximum Gasteiger partial charge on any atom is 0.338 e. The Balaban J connectivity index is 1.89. The average molecular weight is 346 g/mol. The van der Waals surface area contributed by atoms with Crippen molar-refractivity contribution in [2.75, 3.05) is 18.2 Å². The second kappa shape index (κ2) is 8.11. The van der Waals surface area contributed by atoms with E-state index in [-0.39, 0.29) is 11.4 Å². The monoisotopic (exact) mass is 346 g/mol. The van der Waals surface area contributed by atoms with Crippen LogP contribution in [0.1, 0.15) is 10.4 Å². The molecule has 8 heteroatoms. The lowest BCUT2D eigenvalue weighted by Crippen LogP contribution is -2.20. The van der Waals surface area contributed by atoms with Crippen LogP contribution in [0.5, 0.6) is 0 Å². The Morgan fingerprint density at radius 2 is 1.92 bits per heavy atom. The fourth-order valence-corrected chi connectivity index (χ4v) is 2.24. The number of ether oxygens (including phenoxy) is 1. The van der Waals surface area contributed by atoms with E-state index in [1.165, 1.54) is 24.3 Å². The van der Waals surface area contributed by atoms with Crippen LogP contribution < -0.4 is 5.32 Å². The Kier molecular flexibility index (Phi) is 5.91. The Morgan fingerprint density at radius 3 is 2.54 bits per heavy atom. The standard InChI is InChI=1S/C16H14N2O5S/c1-24-14-7-5-11(6-8-14)16(20)23-10-15(19)17-12-3-2-4-13(9-12)18(21)22/h2-9H,10H2,1H3,(H,17,19). The van der Waals surface area contributed by atoms with E-state index in [0.717, 1.165) is 4.90 Å². The first kappa shape index (κ1) is 17.5. The van der Waals surface area contributed by atoms with Crippen LogP contribution >= 0.6 is 11.8 Å². The van der Waals surface area contributed by atoms with Crippen LogP contribution in [0.4, 0.5) is 11.4 Å². The molecule has 0 aliphatic carbocycles. The molecule has 2 aromatic rings. The number of benzene rings is 2. The van der Waals surface area contributed by atoms with Crippen molar-refractivity contribution >= 4 is 35.0 Å². The maximum atomic E-state index is 11.8. The highest BCUT2D eigenvalue weighted by Crippen LogP contribution is 2.17. The Morgan fingerprint density at radius 1 is 1.21 bits per heavy atom. The molecule has 24 heavy (non-hydrogen) atoms. The predicted octanol–water partition coefficient (Wildman–Crippen LogP) is 3.11. The largest absolute Gasteiger partial charge is 0.452 e. The molecule has 0 aliphatic rings. The van der Waals surface area contributed by atoms with Gasteiger partial charge in [0.2, 0.25) is 0 Å². The summed E-state index contributed by atoms with van der Waals surface area (Å²) < 4.78 is 4.92. The molecule has 0 aromatic heterocycles. The molecule has 0 unspecified atom stereocenters. The highest BCUT2D eigenvalue weighted by molar-refractivity contribution is 7.98. The molecule has 0 fully saturated rings. The van der Waals surface area contributed by atoms with Crippen molar-refractivity contribution in [3.63, 3.8) is 0 Å². The van der Waals surface area contributed by atoms with Gasteiger partial charge in [-0.1, -0.05) is 6.07 Å². The quantitative estimate of drug-likeness (QED) is 0.373. The zero-order valence-electron chi connectivity index (χ0n) is 12.7. The molecule has 0 heterocycles. The lowest BCUT2D eigenvalue weighted by Gasteiger charge is -2.07. The molecule has 0 atom stereocenters. The first-order valence-corrected chi connectivity index (χ1v) is 8.07. The summed E-state index contributed by atoms with van der Waals surface area (Å²) in [5.41, 5.74) is 0.462. The molecular formula is C16H14N2O5S. The number of esters is 1. The Bertz CT molecular complexity index is 761. The zero-order chi connectivity index (χ0) is 17.5. The molecule has 0 spiro atoms. The molecule has 2 aromatic carbocycles. The smallest absolute Gasteiger partial charge is 0.338 e. The van der Waals surface area contributed by atoms with Crippen LogP contribution in [-0.2, 0) is 9.53 Å². The van der Waals surface area contributed by atoms with Gasteiger partial charge < -0.3 is 10.1 Å². The number of nitrogens with one attached hydrogen (secondary N) is 1. The number of anilines is 1. The summed E-state index contributed by atoms with van der Waals surface area (Å²) in [6.45, 7) is -0.480. The molecule has 1 N–H and O–H groups in total. The average Bonchev–Trinajstić information content (AvgIpc) is 2.60. The molecule has 1 amide bonds. The van der Waals surface area contributed by atoms with Gasteiger partial charge >= 0.3 is 5.97 Å². The highest BCUT2D eigenvalue weighted by Gasteiger charge is 2.12. The number of carbonyl (C=O) groups is 2. The first-order chi connectivity index (χ1) is 11.5. The van der Waals surface area contributed by atoms with Gasteiger partial charge in [-0.3, -0.25) is 14.9 Å². The SMILES string of the molecule is CSc1ccc(C(=O)OCC(=O)Nc2cccc([N+](=O)[O-])c2)cc1. The predicted molar refractivity (Wildman–Crippen MR) is 90.2 cm³/mol. The summed E-state index contributed by atoms with van der Waals surface area (Å²) in [5, 5.41) is 13.1. The van der Waals surface area contributed by atoms with Crippen molar-refractivity contribution in [3.05, 3.63) is 64.2 Å². The minimum atomic E-state index is -0.614. The number of hydrogen-bond donors (Lipinski definition) is 1. The summed E-state index contributed by atoms with van der Waals surface area (Å²) in [7, 11) is 0. The number of carbonyl (C=O) groups excluding carboxylic acids is 2. The van der Waals surface area contributed by atoms with Crippen molar-refractivity contribution in [2.24, 2.45) is 0 Å². The third-order valence-corrected chi connectivity index (χ3v) is 3.74. The van der Waals surface area contributed by atoms with E-state index in [4.69, 9.17) is 4.74 Å². The number of hydrogen-bond acceptors (Lipinski definition) is 6. The number of non-ortho nitro benzene ring substituents is 1. The summed E-state index contributed by atoms with van der Waals surface area (Å²) >= 11 is 1.55. The lowest BCUT2D eigenvalue weighted by atomic mass is 10.2. The van der Waals surface area contributed by atoms with Crippen molar-refractivity contribution in [3.8, 4) is 0 Å². The fraction of sp³-hybridized carbons (Fsp3) is 0.125. The van der Waals surface area contributed by atoms with Gasteiger partial charge in [-0.05, 0) is 36.6 Å².